The molecule has 0 aliphatic carbocycles. The fourth-order valence-electron chi connectivity index (χ4n) is 3.94. The summed E-state index contributed by atoms with van der Waals surface area (Å²) < 4.78 is 41.8. The van der Waals surface area contributed by atoms with Crippen LogP contribution in [0.4, 0.5) is 19.0 Å². The van der Waals surface area contributed by atoms with Gasteiger partial charge < -0.3 is 9.84 Å². The number of halogens is 3. The summed E-state index contributed by atoms with van der Waals surface area (Å²) in [5, 5.41) is 18.8. The first-order valence-electron chi connectivity index (χ1n) is 11.0. The molecule has 1 aliphatic rings. The fourth-order valence-corrected chi connectivity index (χ4v) is 3.94. The predicted octanol–water partition coefficient (Wildman–Crippen LogP) is 5.59. The van der Waals surface area contributed by atoms with Crippen LogP contribution in [0.1, 0.15) is 53.0 Å². The fraction of sp³-hybridized carbons (Fsp3) is 0.231. The van der Waals surface area contributed by atoms with Crippen molar-refractivity contribution >= 4 is 17.5 Å². The van der Waals surface area contributed by atoms with Crippen LogP contribution >= 0.6 is 0 Å². The van der Waals surface area contributed by atoms with Crippen LogP contribution < -0.4 is 9.64 Å². The number of carbonyl (C=O) groups excluding carboxylic acids is 2. The van der Waals surface area contributed by atoms with Crippen LogP contribution in [0.15, 0.2) is 72.0 Å². The average Bonchev–Trinajstić information content (AvgIpc) is 3.09. The third kappa shape index (κ3) is 4.93. The van der Waals surface area contributed by atoms with Crippen molar-refractivity contribution in [3.63, 3.8) is 0 Å². The number of ether oxygens (including phenoxy) is 1. The van der Waals surface area contributed by atoms with Gasteiger partial charge >= 0.3 is 6.36 Å². The van der Waals surface area contributed by atoms with E-state index >= 15 is 0 Å². The molecular formula is C26H22F3N3O4. The maximum Gasteiger partial charge on any atom is 0.573 e. The molecule has 10 heteroatoms. The molecular weight excluding hydrogens is 475 g/mol. The van der Waals surface area contributed by atoms with Crippen LogP contribution in [0, 0.1) is 6.92 Å². The monoisotopic (exact) mass is 497 g/mol. The number of aromatic nitrogens is 2. The molecule has 0 unspecified atom stereocenters. The Hall–Kier alpha value is -4.21. The lowest BCUT2D eigenvalue weighted by Crippen LogP contribution is -2.32. The van der Waals surface area contributed by atoms with Crippen molar-refractivity contribution in [1.82, 2.24) is 10.2 Å². The van der Waals surface area contributed by atoms with Crippen molar-refractivity contribution in [2.45, 2.75) is 39.1 Å². The van der Waals surface area contributed by atoms with E-state index in [4.69, 9.17) is 0 Å². The van der Waals surface area contributed by atoms with E-state index in [0.717, 1.165) is 22.6 Å². The van der Waals surface area contributed by atoms with Gasteiger partial charge in [-0.15, -0.1) is 18.3 Å². The third-order valence-electron chi connectivity index (χ3n) is 5.75. The molecule has 1 atom stereocenters. The third-order valence-corrected chi connectivity index (χ3v) is 5.75. The van der Waals surface area contributed by atoms with Gasteiger partial charge in [0.05, 0.1) is 17.3 Å². The molecule has 36 heavy (non-hydrogen) atoms. The molecule has 0 saturated heterocycles. The zero-order valence-electron chi connectivity index (χ0n) is 19.6. The summed E-state index contributed by atoms with van der Waals surface area (Å²) in [6.07, 6.45) is -4.88. The first-order chi connectivity index (χ1) is 17.0. The lowest BCUT2D eigenvalue weighted by Gasteiger charge is -2.26. The quantitative estimate of drug-likeness (QED) is 0.447. The summed E-state index contributed by atoms with van der Waals surface area (Å²) in [6, 6.07) is 13.5. The van der Waals surface area contributed by atoms with Crippen LogP contribution in [-0.4, -0.2) is 33.4 Å². The second kappa shape index (κ2) is 9.44. The Morgan fingerprint density at radius 3 is 2.17 bits per heavy atom. The maximum absolute atomic E-state index is 13.5. The summed E-state index contributed by atoms with van der Waals surface area (Å²) in [4.78, 5) is 27.8. The van der Waals surface area contributed by atoms with Crippen LogP contribution in [0.2, 0.25) is 0 Å². The van der Waals surface area contributed by atoms with Gasteiger partial charge in [0.25, 0.3) is 5.91 Å². The number of aryl methyl sites for hydroxylation is 1. The van der Waals surface area contributed by atoms with E-state index in [1.807, 2.05) is 13.8 Å². The summed E-state index contributed by atoms with van der Waals surface area (Å²) in [5.74, 6) is -2.42. The molecule has 2 aromatic carbocycles. The topological polar surface area (TPSA) is 92.6 Å². The minimum Gasteiger partial charge on any atom is -0.503 e. The Bertz CT molecular complexity index is 1320. The SMILES string of the molecule is Cc1ccc(N2C(=O)C(O)=C(C(=O)c3ccc(C(C)C)cc3)[C@@H]2c2ccc(OC(F)(F)F)cc2)nn1. The summed E-state index contributed by atoms with van der Waals surface area (Å²) in [5.41, 5.74) is 1.87. The predicted molar refractivity (Wildman–Crippen MR) is 125 cm³/mol. The largest absolute Gasteiger partial charge is 0.573 e. The lowest BCUT2D eigenvalue weighted by atomic mass is 9.91. The van der Waals surface area contributed by atoms with Gasteiger partial charge in [-0.05, 0) is 48.2 Å². The molecule has 0 bridgehead atoms. The molecule has 0 fully saturated rings. The summed E-state index contributed by atoms with van der Waals surface area (Å²) in [6.45, 7) is 5.71. The summed E-state index contributed by atoms with van der Waals surface area (Å²) in [7, 11) is 0. The van der Waals surface area contributed by atoms with Gasteiger partial charge in [-0.1, -0.05) is 50.2 Å². The molecule has 1 N–H and O–H groups in total. The molecule has 0 spiro atoms. The van der Waals surface area contributed by atoms with E-state index in [1.165, 1.54) is 18.2 Å². The first kappa shape index (κ1) is 24.9. The number of rotatable bonds is 6. The number of ketones is 1. The number of benzene rings is 2. The van der Waals surface area contributed by atoms with E-state index in [2.05, 4.69) is 14.9 Å². The number of aliphatic hydroxyl groups excluding tert-OH is 1. The van der Waals surface area contributed by atoms with Crippen LogP contribution in [-0.2, 0) is 4.79 Å². The number of nitrogens with zero attached hydrogens (tertiary/aromatic N) is 3. The number of alkyl halides is 3. The van der Waals surface area contributed by atoms with Crippen LogP contribution in [0.3, 0.4) is 0 Å². The zero-order chi connectivity index (χ0) is 26.2. The highest BCUT2D eigenvalue weighted by Crippen LogP contribution is 2.41. The minimum atomic E-state index is -4.88. The van der Waals surface area contributed by atoms with Gasteiger partial charge in [0.1, 0.15) is 5.75 Å². The van der Waals surface area contributed by atoms with Crippen LogP contribution in [0.25, 0.3) is 0 Å². The van der Waals surface area contributed by atoms with Crippen molar-refractivity contribution in [2.75, 3.05) is 4.90 Å². The Morgan fingerprint density at radius 2 is 1.64 bits per heavy atom. The number of Topliss-reactive ketones (excluding diaryl/α,β-unsaturated/α-hetero) is 1. The second-order valence-corrected chi connectivity index (χ2v) is 8.60. The van der Waals surface area contributed by atoms with Gasteiger partial charge in [-0.3, -0.25) is 14.5 Å². The standard InChI is InChI=1S/C26H22F3N3O4/c1-14(2)16-5-7-18(8-6-16)23(33)21-22(17-9-11-19(12-10-17)36-26(27,28)29)32(25(35)24(21)34)20-13-4-15(3)30-31-20/h4-14,22,34H,1-3H3/t22-/m0/s1. The first-order valence-corrected chi connectivity index (χ1v) is 11.0. The minimum absolute atomic E-state index is 0.0655. The molecule has 2 heterocycles. The maximum atomic E-state index is 13.5. The molecule has 0 radical (unpaired) electrons. The Kier molecular flexibility index (Phi) is 6.53. The molecule has 7 nitrogen and oxygen atoms in total. The second-order valence-electron chi connectivity index (χ2n) is 8.60. The highest BCUT2D eigenvalue weighted by Gasteiger charge is 2.45. The van der Waals surface area contributed by atoms with Crippen molar-refractivity contribution in [3.8, 4) is 5.75 Å². The van der Waals surface area contributed by atoms with Gasteiger partial charge in [0, 0.05) is 5.56 Å². The summed E-state index contributed by atoms with van der Waals surface area (Å²) >= 11 is 0. The van der Waals surface area contributed by atoms with Crippen molar-refractivity contribution in [3.05, 3.63) is 94.4 Å². The molecule has 186 valence electrons. The Morgan fingerprint density at radius 1 is 1.00 bits per heavy atom. The normalized spacial score (nSPS) is 16.1. The van der Waals surface area contributed by atoms with E-state index in [1.54, 1.807) is 37.3 Å². The number of aliphatic hydroxyl groups is 1. The molecule has 0 saturated carbocycles. The van der Waals surface area contributed by atoms with E-state index in [-0.39, 0.29) is 28.4 Å². The van der Waals surface area contributed by atoms with Crippen molar-refractivity contribution in [1.29, 1.82) is 0 Å². The van der Waals surface area contributed by atoms with Crippen LogP contribution in [0.5, 0.6) is 5.75 Å². The van der Waals surface area contributed by atoms with E-state index in [0.29, 0.717) is 5.69 Å². The molecule has 4 rings (SSSR count). The Labute approximate surface area is 204 Å². The molecule has 1 aliphatic heterocycles. The zero-order valence-corrected chi connectivity index (χ0v) is 19.6. The van der Waals surface area contributed by atoms with Gasteiger partial charge in [-0.2, -0.15) is 5.10 Å². The molecule has 1 amide bonds. The van der Waals surface area contributed by atoms with E-state index in [9.17, 15) is 27.9 Å². The van der Waals surface area contributed by atoms with Gasteiger partial charge in [0.2, 0.25) is 0 Å². The average molecular weight is 497 g/mol. The number of hydrogen-bond acceptors (Lipinski definition) is 6. The smallest absolute Gasteiger partial charge is 0.503 e. The van der Waals surface area contributed by atoms with Gasteiger partial charge in [0.15, 0.2) is 17.4 Å². The van der Waals surface area contributed by atoms with E-state index < -0.39 is 35.6 Å². The van der Waals surface area contributed by atoms with Crippen molar-refractivity contribution < 1.29 is 32.6 Å². The lowest BCUT2D eigenvalue weighted by molar-refractivity contribution is -0.274. The van der Waals surface area contributed by atoms with Gasteiger partial charge in [-0.25, -0.2) is 0 Å². The number of hydrogen-bond donors (Lipinski definition) is 1. The molecule has 3 aromatic rings. The van der Waals surface area contributed by atoms with Crippen molar-refractivity contribution in [2.24, 2.45) is 0 Å². The number of carbonyl (C=O) groups is 2. The number of anilines is 1. The highest BCUT2D eigenvalue weighted by molar-refractivity contribution is 6.20. The molecule has 1 aromatic heterocycles. The highest BCUT2D eigenvalue weighted by atomic mass is 19.4. The number of amides is 1. The Balaban J connectivity index is 1.79.